The molecule has 0 aromatic rings. The number of rotatable bonds is 35. The van der Waals surface area contributed by atoms with Gasteiger partial charge in [0.05, 0.1) is 12.2 Å². The predicted molar refractivity (Wildman–Crippen MR) is 228 cm³/mol. The van der Waals surface area contributed by atoms with Crippen LogP contribution >= 0.6 is 0 Å². The number of ether oxygens (including phenoxy) is 1. The first-order chi connectivity index (χ1) is 23.3. The first kappa shape index (κ1) is 49.9. The van der Waals surface area contributed by atoms with Gasteiger partial charge in [-0.05, 0) is 102 Å². The molecule has 0 rings (SSSR count). The van der Waals surface area contributed by atoms with Gasteiger partial charge in [0.1, 0.15) is 0 Å². The highest BCUT2D eigenvalue weighted by Gasteiger charge is 2.36. The van der Waals surface area contributed by atoms with Gasteiger partial charge >= 0.3 is 0 Å². The van der Waals surface area contributed by atoms with Crippen LogP contribution in [0.2, 0.25) is 0 Å². The van der Waals surface area contributed by atoms with Crippen molar-refractivity contribution < 1.29 is 4.74 Å². The van der Waals surface area contributed by atoms with Crippen LogP contribution in [0.4, 0.5) is 0 Å². The molecule has 0 heterocycles. The zero-order valence-electron chi connectivity index (χ0n) is 37.5. The summed E-state index contributed by atoms with van der Waals surface area (Å²) in [4.78, 5) is 0. The summed E-state index contributed by atoms with van der Waals surface area (Å²) in [7, 11) is 0. The average Bonchev–Trinajstić information content (AvgIpc) is 3.03. The van der Waals surface area contributed by atoms with Gasteiger partial charge in [-0.25, -0.2) is 0 Å². The van der Waals surface area contributed by atoms with Gasteiger partial charge in [-0.2, -0.15) is 0 Å². The van der Waals surface area contributed by atoms with E-state index in [1.165, 1.54) is 148 Å². The maximum absolute atomic E-state index is 7.00. The maximum Gasteiger partial charge on any atom is 0.0654 e. The molecule has 0 aromatic carbocycles. The van der Waals surface area contributed by atoms with E-state index in [0.717, 1.165) is 26.1 Å². The summed E-state index contributed by atoms with van der Waals surface area (Å²) in [5.41, 5.74) is 1.07. The van der Waals surface area contributed by atoms with Gasteiger partial charge in [0.2, 0.25) is 0 Å². The van der Waals surface area contributed by atoms with Crippen molar-refractivity contribution >= 4 is 0 Å². The lowest BCUT2D eigenvalue weighted by atomic mass is 9.72. The molecule has 0 aromatic heterocycles. The average molecular weight is 707 g/mol. The minimum absolute atomic E-state index is 0.0182. The predicted octanol–water partition coefficient (Wildman–Crippen LogP) is 15.0. The summed E-state index contributed by atoms with van der Waals surface area (Å²) in [5.74, 6) is 0. The van der Waals surface area contributed by atoms with Crippen LogP contribution in [0, 0.1) is 16.2 Å². The topological polar surface area (TPSA) is 33.3 Å². The Hall–Kier alpha value is -0.120. The van der Waals surface area contributed by atoms with Crippen LogP contribution in [-0.4, -0.2) is 36.4 Å². The van der Waals surface area contributed by atoms with E-state index in [4.69, 9.17) is 4.74 Å². The Bertz CT molecular complexity index is 791. The van der Waals surface area contributed by atoms with Crippen molar-refractivity contribution in [3.8, 4) is 0 Å². The van der Waals surface area contributed by atoms with Crippen molar-refractivity contribution in [2.75, 3.05) is 19.7 Å². The summed E-state index contributed by atoms with van der Waals surface area (Å²) in [6.07, 6.45) is 31.3. The van der Waals surface area contributed by atoms with E-state index in [0.29, 0.717) is 0 Å². The maximum atomic E-state index is 7.00. The molecule has 0 amide bonds. The van der Waals surface area contributed by atoms with E-state index < -0.39 is 0 Å². The molecule has 0 aliphatic heterocycles. The van der Waals surface area contributed by atoms with E-state index in [-0.39, 0.29) is 32.9 Å². The molecule has 0 aliphatic rings. The Labute approximate surface area is 318 Å². The lowest BCUT2D eigenvalue weighted by Gasteiger charge is -2.43. The van der Waals surface area contributed by atoms with Crippen molar-refractivity contribution in [1.82, 2.24) is 10.6 Å². The van der Waals surface area contributed by atoms with Crippen LogP contribution in [0.15, 0.2) is 0 Å². The molecule has 0 radical (unpaired) electrons. The fraction of sp³-hybridized carbons (Fsp3) is 1.00. The fourth-order valence-corrected chi connectivity index (χ4v) is 8.68. The zero-order valence-corrected chi connectivity index (χ0v) is 37.5. The Balaban J connectivity index is 5.19. The van der Waals surface area contributed by atoms with Gasteiger partial charge in [-0.15, -0.1) is 0 Å². The number of hydrogen-bond donors (Lipinski definition) is 2. The number of hydrogen-bond acceptors (Lipinski definition) is 3. The Kier molecular flexibility index (Phi) is 25.8. The van der Waals surface area contributed by atoms with Crippen LogP contribution < -0.4 is 10.6 Å². The SMILES string of the molecule is CCCCCCCC(C)(CCCCC)NCCC(C)(C)CC(C)(C)NCC(C)(C)CC(C)(CC)COC(C)(CCCCCC)CCCCCC. The third-order valence-electron chi connectivity index (χ3n) is 12.1. The summed E-state index contributed by atoms with van der Waals surface area (Å²) >= 11 is 0. The molecule has 0 aliphatic carbocycles. The van der Waals surface area contributed by atoms with Crippen molar-refractivity contribution in [3.63, 3.8) is 0 Å². The van der Waals surface area contributed by atoms with Gasteiger partial charge in [-0.3, -0.25) is 0 Å². The zero-order chi connectivity index (χ0) is 38.2. The number of unbranched alkanes of at least 4 members (excludes halogenated alkanes) is 12. The van der Waals surface area contributed by atoms with Gasteiger partial charge in [0, 0.05) is 17.6 Å². The molecule has 0 saturated heterocycles. The second-order valence-electron chi connectivity index (χ2n) is 20.3. The summed E-state index contributed by atoms with van der Waals surface area (Å²) in [5, 5.41) is 8.18. The van der Waals surface area contributed by atoms with Crippen LogP contribution in [0.5, 0.6) is 0 Å². The van der Waals surface area contributed by atoms with Gasteiger partial charge < -0.3 is 15.4 Å². The monoisotopic (exact) mass is 707 g/mol. The van der Waals surface area contributed by atoms with Crippen molar-refractivity contribution in [1.29, 1.82) is 0 Å². The molecule has 0 bridgehead atoms. The third kappa shape index (κ3) is 25.0. The summed E-state index contributed by atoms with van der Waals surface area (Å²) in [6.45, 7) is 37.0. The minimum Gasteiger partial charge on any atom is -0.375 e. The number of nitrogens with one attached hydrogen (secondary N) is 2. The Morgan fingerprint density at radius 2 is 0.880 bits per heavy atom. The molecular weight excluding hydrogens is 609 g/mol. The minimum atomic E-state index is 0.0182. The molecule has 302 valence electrons. The molecule has 0 spiro atoms. The highest BCUT2D eigenvalue weighted by molar-refractivity contribution is 4.91. The fourth-order valence-electron chi connectivity index (χ4n) is 8.68. The quantitative estimate of drug-likeness (QED) is 0.0644. The molecule has 2 unspecified atom stereocenters. The lowest BCUT2D eigenvalue weighted by molar-refractivity contribution is -0.0907. The van der Waals surface area contributed by atoms with Crippen LogP contribution in [0.25, 0.3) is 0 Å². The molecule has 2 N–H and O–H groups in total. The molecule has 3 heteroatoms. The van der Waals surface area contributed by atoms with Crippen LogP contribution in [0.3, 0.4) is 0 Å². The molecule has 50 heavy (non-hydrogen) atoms. The molecule has 2 atom stereocenters. The third-order valence-corrected chi connectivity index (χ3v) is 12.1. The normalized spacial score (nSPS) is 15.7. The van der Waals surface area contributed by atoms with Gasteiger partial charge in [-0.1, -0.05) is 172 Å². The van der Waals surface area contributed by atoms with Crippen molar-refractivity contribution in [3.05, 3.63) is 0 Å². The molecule has 3 nitrogen and oxygen atoms in total. The second-order valence-corrected chi connectivity index (χ2v) is 20.3. The first-order valence-corrected chi connectivity index (χ1v) is 22.5. The second kappa shape index (κ2) is 25.8. The van der Waals surface area contributed by atoms with E-state index in [9.17, 15) is 0 Å². The standard InChI is InChI=1S/C47H98N2O/c1-15-20-24-27-29-33-46(13,32-28-23-18-4)48-37-36-42(6,7)38-44(10,11)49-40-43(8,9)39-45(12,19-5)41-50-47(14,34-30-25-21-16-2)35-31-26-22-17-3/h48-49H,15-41H2,1-14H3. The Morgan fingerprint density at radius 1 is 0.440 bits per heavy atom. The van der Waals surface area contributed by atoms with Crippen LogP contribution in [-0.2, 0) is 4.74 Å². The van der Waals surface area contributed by atoms with E-state index >= 15 is 0 Å². The highest BCUT2D eigenvalue weighted by atomic mass is 16.5. The van der Waals surface area contributed by atoms with E-state index in [1.54, 1.807) is 0 Å². The molecule has 0 fully saturated rings. The van der Waals surface area contributed by atoms with Crippen LogP contribution in [0.1, 0.15) is 251 Å². The van der Waals surface area contributed by atoms with E-state index in [1.807, 2.05) is 0 Å². The smallest absolute Gasteiger partial charge is 0.0654 e. The summed E-state index contributed by atoms with van der Waals surface area (Å²) in [6, 6.07) is 0. The largest absolute Gasteiger partial charge is 0.375 e. The Morgan fingerprint density at radius 3 is 1.38 bits per heavy atom. The lowest BCUT2D eigenvalue weighted by Crippen LogP contribution is -2.49. The summed E-state index contributed by atoms with van der Waals surface area (Å²) < 4.78 is 7.00. The van der Waals surface area contributed by atoms with E-state index in [2.05, 4.69) is 108 Å². The van der Waals surface area contributed by atoms with Gasteiger partial charge in [0.25, 0.3) is 0 Å². The highest BCUT2D eigenvalue weighted by Crippen LogP contribution is 2.40. The first-order valence-electron chi connectivity index (χ1n) is 22.5. The van der Waals surface area contributed by atoms with Gasteiger partial charge in [0.15, 0.2) is 0 Å². The molecule has 0 saturated carbocycles. The molecular formula is C47H98N2O. The van der Waals surface area contributed by atoms with Crippen molar-refractivity contribution in [2.24, 2.45) is 16.2 Å². The van der Waals surface area contributed by atoms with Crippen molar-refractivity contribution in [2.45, 2.75) is 268 Å².